The van der Waals surface area contributed by atoms with Crippen molar-refractivity contribution in [2.75, 3.05) is 13.7 Å². The van der Waals surface area contributed by atoms with Gasteiger partial charge in [0.2, 0.25) is 11.1 Å². The van der Waals surface area contributed by atoms with E-state index in [9.17, 15) is 4.79 Å². The molecule has 3 rings (SSSR count). The van der Waals surface area contributed by atoms with Crippen LogP contribution in [0.1, 0.15) is 12.5 Å². The molecule has 0 aliphatic rings. The number of hydrogen-bond donors (Lipinski definition) is 2. The average molecular weight is 382 g/mol. The third-order valence-electron chi connectivity index (χ3n) is 4.04. The summed E-state index contributed by atoms with van der Waals surface area (Å²) >= 11 is 1.34. The molecule has 3 aromatic rings. The minimum atomic E-state index is -0.278. The predicted molar refractivity (Wildman–Crippen MR) is 107 cm³/mol. The summed E-state index contributed by atoms with van der Waals surface area (Å²) < 4.78 is 5.14. The summed E-state index contributed by atoms with van der Waals surface area (Å²) in [6, 6.07) is 17.6. The number of aromatic nitrogens is 3. The Morgan fingerprint density at radius 1 is 1.19 bits per heavy atom. The zero-order chi connectivity index (χ0) is 19.1. The summed E-state index contributed by atoms with van der Waals surface area (Å²) in [5.41, 5.74) is 2.12. The van der Waals surface area contributed by atoms with Crippen LogP contribution in [0.15, 0.2) is 59.8 Å². The van der Waals surface area contributed by atoms with Crippen molar-refractivity contribution in [1.82, 2.24) is 20.5 Å². The Labute approximate surface area is 162 Å². The largest absolute Gasteiger partial charge is 0.497 e. The van der Waals surface area contributed by atoms with Crippen molar-refractivity contribution in [2.24, 2.45) is 0 Å². The molecule has 0 unspecified atom stereocenters. The third-order valence-corrected chi connectivity index (χ3v) is 5.00. The second kappa shape index (κ2) is 9.23. The Bertz CT molecular complexity index is 865. The van der Waals surface area contributed by atoms with Crippen molar-refractivity contribution in [3.05, 3.63) is 60.2 Å². The van der Waals surface area contributed by atoms with Crippen molar-refractivity contribution in [3.8, 4) is 17.1 Å². The fourth-order valence-electron chi connectivity index (χ4n) is 2.50. The second-order valence-electron chi connectivity index (χ2n) is 5.98. The Hall–Kier alpha value is -2.80. The summed E-state index contributed by atoms with van der Waals surface area (Å²) in [5.74, 6) is 1.50. The van der Waals surface area contributed by atoms with Crippen LogP contribution in [0.4, 0.5) is 0 Å². The van der Waals surface area contributed by atoms with Gasteiger partial charge in [0.1, 0.15) is 5.75 Å². The molecule has 0 spiro atoms. The molecule has 0 aliphatic heterocycles. The number of nitrogens with one attached hydrogen (secondary N) is 2. The Balaban J connectivity index is 1.47. The summed E-state index contributed by atoms with van der Waals surface area (Å²) in [4.78, 5) is 16.7. The maximum absolute atomic E-state index is 12.3. The smallest absolute Gasteiger partial charge is 0.233 e. The molecule has 0 bridgehead atoms. The molecule has 0 saturated carbocycles. The van der Waals surface area contributed by atoms with Crippen LogP contribution in [-0.4, -0.2) is 40.0 Å². The number of amides is 1. The molecule has 6 nitrogen and oxygen atoms in total. The topological polar surface area (TPSA) is 79.9 Å². The maximum Gasteiger partial charge on any atom is 0.233 e. The van der Waals surface area contributed by atoms with Crippen molar-refractivity contribution < 1.29 is 9.53 Å². The van der Waals surface area contributed by atoms with Crippen molar-refractivity contribution in [3.63, 3.8) is 0 Å². The quantitative estimate of drug-likeness (QED) is 0.584. The van der Waals surface area contributed by atoms with Gasteiger partial charge in [-0.25, -0.2) is 4.98 Å². The van der Waals surface area contributed by atoms with Crippen LogP contribution in [-0.2, 0) is 11.2 Å². The lowest BCUT2D eigenvalue weighted by Gasteiger charge is -2.10. The van der Waals surface area contributed by atoms with Crippen molar-refractivity contribution >= 4 is 17.7 Å². The van der Waals surface area contributed by atoms with Crippen LogP contribution in [0.25, 0.3) is 11.4 Å². The van der Waals surface area contributed by atoms with Crippen LogP contribution >= 0.6 is 11.8 Å². The van der Waals surface area contributed by atoms with Gasteiger partial charge in [-0.05, 0) is 31.0 Å². The first-order valence-corrected chi connectivity index (χ1v) is 9.59. The maximum atomic E-state index is 12.3. The first-order valence-electron chi connectivity index (χ1n) is 8.71. The number of ether oxygens (including phenoxy) is 1. The Kier molecular flexibility index (Phi) is 6.49. The van der Waals surface area contributed by atoms with E-state index in [1.807, 2.05) is 61.5 Å². The Morgan fingerprint density at radius 2 is 1.93 bits per heavy atom. The summed E-state index contributed by atoms with van der Waals surface area (Å²) in [5, 5.41) is 10.4. The molecule has 0 fully saturated rings. The first kappa shape index (κ1) is 19.0. The van der Waals surface area contributed by atoms with E-state index in [0.29, 0.717) is 17.5 Å². The number of thioether (sulfide) groups is 1. The van der Waals surface area contributed by atoms with Gasteiger partial charge in [-0.15, -0.1) is 5.10 Å². The zero-order valence-electron chi connectivity index (χ0n) is 15.3. The molecule has 2 aromatic carbocycles. The van der Waals surface area contributed by atoms with E-state index in [2.05, 4.69) is 20.5 Å². The molecule has 1 aromatic heterocycles. The number of H-pyrrole nitrogens is 1. The number of nitrogens with zero attached hydrogens (tertiary/aromatic N) is 2. The number of carbonyl (C=O) groups is 1. The SMILES string of the molecule is COc1ccc(CCNC(=O)[C@H](C)Sc2n[nH]c(-c3ccccc3)n2)cc1. The van der Waals surface area contributed by atoms with Crippen molar-refractivity contribution in [1.29, 1.82) is 0 Å². The predicted octanol–water partition coefficient (Wildman–Crippen LogP) is 3.32. The summed E-state index contributed by atoms with van der Waals surface area (Å²) in [6.07, 6.45) is 0.770. The van der Waals surface area contributed by atoms with E-state index in [0.717, 1.165) is 23.3 Å². The van der Waals surface area contributed by atoms with Gasteiger partial charge in [-0.3, -0.25) is 9.89 Å². The molecule has 2 N–H and O–H groups in total. The van der Waals surface area contributed by atoms with Crippen molar-refractivity contribution in [2.45, 2.75) is 23.8 Å². The standard InChI is InChI=1S/C20H22N4O2S/c1-14(19(25)21-13-12-15-8-10-17(26-2)11-9-15)27-20-22-18(23-24-20)16-6-4-3-5-7-16/h3-11,14H,12-13H2,1-2H3,(H,21,25)(H,22,23,24)/t14-/m0/s1. The van der Waals surface area contributed by atoms with E-state index in [1.165, 1.54) is 11.8 Å². The molecular formula is C20H22N4O2S. The van der Waals surface area contributed by atoms with Crippen LogP contribution in [0.2, 0.25) is 0 Å². The minimum absolute atomic E-state index is 0.0282. The van der Waals surface area contributed by atoms with Gasteiger partial charge >= 0.3 is 0 Å². The van der Waals surface area contributed by atoms with Crippen LogP contribution in [0.3, 0.4) is 0 Å². The molecule has 1 amide bonds. The van der Waals surface area contributed by atoms with E-state index in [4.69, 9.17) is 4.74 Å². The van der Waals surface area contributed by atoms with Crippen LogP contribution in [0, 0.1) is 0 Å². The minimum Gasteiger partial charge on any atom is -0.497 e. The molecule has 0 saturated heterocycles. The van der Waals surface area contributed by atoms with E-state index in [1.54, 1.807) is 7.11 Å². The highest BCUT2D eigenvalue weighted by atomic mass is 32.2. The first-order chi connectivity index (χ1) is 13.2. The van der Waals surface area contributed by atoms with Gasteiger partial charge in [-0.1, -0.05) is 54.2 Å². The zero-order valence-corrected chi connectivity index (χ0v) is 16.1. The Morgan fingerprint density at radius 3 is 2.63 bits per heavy atom. The van der Waals surface area contributed by atoms with Gasteiger partial charge < -0.3 is 10.1 Å². The number of aromatic amines is 1. The van der Waals surface area contributed by atoms with Gasteiger partial charge in [-0.2, -0.15) is 0 Å². The van der Waals surface area contributed by atoms with Gasteiger partial charge in [0.05, 0.1) is 12.4 Å². The monoisotopic (exact) mass is 382 g/mol. The normalized spacial score (nSPS) is 11.8. The number of benzene rings is 2. The van der Waals surface area contributed by atoms with E-state index >= 15 is 0 Å². The highest BCUT2D eigenvalue weighted by molar-refractivity contribution is 8.00. The van der Waals surface area contributed by atoms with Crippen LogP contribution in [0.5, 0.6) is 5.75 Å². The average Bonchev–Trinajstić information content (AvgIpc) is 3.17. The summed E-state index contributed by atoms with van der Waals surface area (Å²) in [7, 11) is 1.64. The lowest BCUT2D eigenvalue weighted by molar-refractivity contribution is -0.120. The van der Waals surface area contributed by atoms with Gasteiger partial charge in [0, 0.05) is 12.1 Å². The highest BCUT2D eigenvalue weighted by Gasteiger charge is 2.17. The number of carbonyl (C=O) groups excluding carboxylic acids is 1. The molecular weight excluding hydrogens is 360 g/mol. The van der Waals surface area contributed by atoms with Gasteiger partial charge in [0.15, 0.2) is 5.82 Å². The third kappa shape index (κ3) is 5.34. The van der Waals surface area contributed by atoms with E-state index < -0.39 is 0 Å². The second-order valence-corrected chi connectivity index (χ2v) is 7.29. The molecule has 140 valence electrons. The van der Waals surface area contributed by atoms with Gasteiger partial charge in [0.25, 0.3) is 0 Å². The summed E-state index contributed by atoms with van der Waals surface area (Å²) in [6.45, 7) is 2.44. The molecule has 27 heavy (non-hydrogen) atoms. The molecule has 1 atom stereocenters. The number of hydrogen-bond acceptors (Lipinski definition) is 5. The van der Waals surface area contributed by atoms with E-state index in [-0.39, 0.29) is 11.2 Å². The lowest BCUT2D eigenvalue weighted by Crippen LogP contribution is -2.32. The lowest BCUT2D eigenvalue weighted by atomic mass is 10.1. The molecule has 0 radical (unpaired) electrons. The number of methoxy groups -OCH3 is 1. The highest BCUT2D eigenvalue weighted by Crippen LogP contribution is 2.22. The molecule has 7 heteroatoms. The van der Waals surface area contributed by atoms with Crippen LogP contribution < -0.4 is 10.1 Å². The molecule has 0 aliphatic carbocycles. The number of rotatable bonds is 8. The fourth-order valence-corrected chi connectivity index (χ4v) is 3.25. The molecule has 1 heterocycles. The fraction of sp³-hybridized carbons (Fsp3) is 0.250.